The van der Waals surface area contributed by atoms with Crippen LogP contribution in [-0.2, 0) is 6.42 Å². The summed E-state index contributed by atoms with van der Waals surface area (Å²) in [6.45, 7) is 4.32. The maximum absolute atomic E-state index is 8.88. The van der Waals surface area contributed by atoms with Gasteiger partial charge in [0.25, 0.3) is 0 Å². The van der Waals surface area contributed by atoms with E-state index in [-0.39, 0.29) is 0 Å². The molecule has 0 aliphatic heterocycles. The molecule has 0 spiro atoms. The minimum Gasteiger partial charge on any atom is -0.383 e. The lowest BCUT2D eigenvalue weighted by molar-refractivity contribution is 0.926. The fourth-order valence-corrected chi connectivity index (χ4v) is 1.57. The number of nitrogen functional groups attached to an aromatic ring is 1. The van der Waals surface area contributed by atoms with Crippen LogP contribution in [0, 0.1) is 25.2 Å². The molecule has 0 atom stereocenters. The van der Waals surface area contributed by atoms with Crippen molar-refractivity contribution in [3.63, 3.8) is 0 Å². The number of hydrogen-bond acceptors (Lipinski definition) is 4. The molecule has 4 N–H and O–H groups in total. The van der Waals surface area contributed by atoms with E-state index in [1.807, 2.05) is 13.8 Å². The Labute approximate surface area is 83.5 Å². The molecule has 1 aromatic heterocycles. The van der Waals surface area contributed by atoms with E-state index in [0.29, 0.717) is 17.9 Å². The van der Waals surface area contributed by atoms with E-state index in [2.05, 4.69) is 11.1 Å². The van der Waals surface area contributed by atoms with Crippen LogP contribution in [0.2, 0.25) is 0 Å². The van der Waals surface area contributed by atoms with Crippen molar-refractivity contribution in [1.82, 2.24) is 4.98 Å². The average molecular weight is 190 g/mol. The molecule has 0 saturated heterocycles. The summed E-state index contributed by atoms with van der Waals surface area (Å²) in [4.78, 5) is 4.12. The number of anilines is 1. The second kappa shape index (κ2) is 4.07. The van der Waals surface area contributed by atoms with Crippen molar-refractivity contribution >= 4 is 5.82 Å². The molecule has 74 valence electrons. The van der Waals surface area contributed by atoms with Gasteiger partial charge in [-0.2, -0.15) is 5.26 Å². The number of nitrogens with two attached hydrogens (primary N) is 2. The number of rotatable bonds is 2. The van der Waals surface area contributed by atoms with Gasteiger partial charge in [0, 0.05) is 5.69 Å². The summed E-state index contributed by atoms with van der Waals surface area (Å²) >= 11 is 0. The van der Waals surface area contributed by atoms with Gasteiger partial charge in [-0.05, 0) is 37.9 Å². The third-order valence-electron chi connectivity index (χ3n) is 2.31. The topological polar surface area (TPSA) is 88.7 Å². The highest BCUT2D eigenvalue weighted by molar-refractivity contribution is 5.56. The van der Waals surface area contributed by atoms with Crippen molar-refractivity contribution in [3.05, 3.63) is 22.4 Å². The molecule has 1 aromatic rings. The first-order chi connectivity index (χ1) is 6.61. The summed E-state index contributed by atoms with van der Waals surface area (Å²) in [5, 5.41) is 8.88. The van der Waals surface area contributed by atoms with Crippen molar-refractivity contribution in [2.24, 2.45) is 5.73 Å². The first-order valence-corrected chi connectivity index (χ1v) is 4.47. The maximum atomic E-state index is 8.88. The van der Waals surface area contributed by atoms with Crippen molar-refractivity contribution in [2.45, 2.75) is 20.3 Å². The number of aromatic nitrogens is 1. The van der Waals surface area contributed by atoms with E-state index in [1.54, 1.807) is 0 Å². The molecule has 0 aliphatic carbocycles. The van der Waals surface area contributed by atoms with E-state index < -0.39 is 0 Å². The van der Waals surface area contributed by atoms with Gasteiger partial charge >= 0.3 is 0 Å². The Morgan fingerprint density at radius 1 is 1.43 bits per heavy atom. The second-order valence-corrected chi connectivity index (χ2v) is 3.21. The molecule has 0 aliphatic rings. The Morgan fingerprint density at radius 2 is 2.07 bits per heavy atom. The SMILES string of the molecule is Cc1nc(N)c(C#N)c(C)c1CCN. The predicted molar refractivity (Wildman–Crippen MR) is 55.6 cm³/mol. The van der Waals surface area contributed by atoms with Crippen molar-refractivity contribution in [2.75, 3.05) is 12.3 Å². The summed E-state index contributed by atoms with van der Waals surface area (Å²) < 4.78 is 0. The van der Waals surface area contributed by atoms with Crippen LogP contribution < -0.4 is 11.5 Å². The lowest BCUT2D eigenvalue weighted by Gasteiger charge is -2.11. The molecule has 0 fully saturated rings. The minimum atomic E-state index is 0.309. The zero-order chi connectivity index (χ0) is 10.7. The standard InChI is InChI=1S/C10H14N4/c1-6-8(3-4-11)7(2)14-10(13)9(6)5-12/h3-4,11H2,1-2H3,(H2,13,14). The molecule has 0 aromatic carbocycles. The van der Waals surface area contributed by atoms with Crippen molar-refractivity contribution < 1.29 is 0 Å². The van der Waals surface area contributed by atoms with Gasteiger partial charge in [0.05, 0.1) is 5.56 Å². The number of pyridine rings is 1. The number of nitriles is 1. The van der Waals surface area contributed by atoms with Gasteiger partial charge in [-0.15, -0.1) is 0 Å². The molecule has 0 bridgehead atoms. The van der Waals surface area contributed by atoms with Gasteiger partial charge in [0.15, 0.2) is 0 Å². The lowest BCUT2D eigenvalue weighted by Crippen LogP contribution is -2.10. The quantitative estimate of drug-likeness (QED) is 0.716. The summed E-state index contributed by atoms with van der Waals surface area (Å²) in [7, 11) is 0. The zero-order valence-electron chi connectivity index (χ0n) is 8.46. The van der Waals surface area contributed by atoms with Crippen molar-refractivity contribution in [1.29, 1.82) is 5.26 Å². The van der Waals surface area contributed by atoms with Gasteiger partial charge in [-0.1, -0.05) is 0 Å². The zero-order valence-corrected chi connectivity index (χ0v) is 8.46. The predicted octanol–water partition coefficient (Wildman–Crippen LogP) is 0.654. The highest BCUT2D eigenvalue weighted by Gasteiger charge is 2.11. The summed E-state index contributed by atoms with van der Waals surface area (Å²) in [5.74, 6) is 0.309. The van der Waals surface area contributed by atoms with Crippen LogP contribution in [-0.4, -0.2) is 11.5 Å². The average Bonchev–Trinajstić information content (AvgIpc) is 2.12. The Balaban J connectivity index is 3.38. The van der Waals surface area contributed by atoms with Crippen LogP contribution in [0.5, 0.6) is 0 Å². The second-order valence-electron chi connectivity index (χ2n) is 3.21. The van der Waals surface area contributed by atoms with Crippen LogP contribution in [0.1, 0.15) is 22.4 Å². The summed E-state index contributed by atoms with van der Waals surface area (Å²) in [5.41, 5.74) is 14.4. The molecule has 0 saturated carbocycles. The van der Waals surface area contributed by atoms with E-state index in [4.69, 9.17) is 16.7 Å². The van der Waals surface area contributed by atoms with Gasteiger partial charge < -0.3 is 11.5 Å². The number of hydrogen-bond donors (Lipinski definition) is 2. The Hall–Kier alpha value is -1.60. The first-order valence-electron chi connectivity index (χ1n) is 4.47. The fourth-order valence-electron chi connectivity index (χ4n) is 1.57. The largest absolute Gasteiger partial charge is 0.383 e. The molecule has 0 unspecified atom stereocenters. The molecule has 0 radical (unpaired) electrons. The molecule has 14 heavy (non-hydrogen) atoms. The third kappa shape index (κ3) is 1.68. The highest BCUT2D eigenvalue weighted by Crippen LogP contribution is 2.20. The smallest absolute Gasteiger partial charge is 0.141 e. The van der Waals surface area contributed by atoms with Gasteiger partial charge in [-0.25, -0.2) is 4.98 Å². The van der Waals surface area contributed by atoms with E-state index in [0.717, 1.165) is 23.2 Å². The van der Waals surface area contributed by atoms with Crippen LogP contribution in [0.3, 0.4) is 0 Å². The fraction of sp³-hybridized carbons (Fsp3) is 0.400. The van der Waals surface area contributed by atoms with Gasteiger partial charge in [0.1, 0.15) is 11.9 Å². The van der Waals surface area contributed by atoms with Crippen LogP contribution in [0.15, 0.2) is 0 Å². The first kappa shape index (κ1) is 10.5. The van der Waals surface area contributed by atoms with Crippen LogP contribution >= 0.6 is 0 Å². The Morgan fingerprint density at radius 3 is 2.57 bits per heavy atom. The van der Waals surface area contributed by atoms with E-state index in [1.165, 1.54) is 0 Å². The Kier molecular flexibility index (Phi) is 3.05. The molecule has 1 heterocycles. The van der Waals surface area contributed by atoms with Crippen LogP contribution in [0.25, 0.3) is 0 Å². The maximum Gasteiger partial charge on any atom is 0.141 e. The number of nitrogens with zero attached hydrogens (tertiary/aromatic N) is 2. The Bertz CT molecular complexity index is 390. The molecular formula is C10H14N4. The van der Waals surface area contributed by atoms with E-state index in [9.17, 15) is 0 Å². The van der Waals surface area contributed by atoms with E-state index >= 15 is 0 Å². The normalized spacial score (nSPS) is 9.86. The molecular weight excluding hydrogens is 176 g/mol. The molecule has 0 amide bonds. The number of aryl methyl sites for hydroxylation is 1. The molecule has 4 nitrogen and oxygen atoms in total. The van der Waals surface area contributed by atoms with Crippen LogP contribution in [0.4, 0.5) is 5.82 Å². The molecule has 1 rings (SSSR count). The summed E-state index contributed by atoms with van der Waals surface area (Å²) in [6.07, 6.45) is 0.736. The van der Waals surface area contributed by atoms with Gasteiger partial charge in [-0.3, -0.25) is 0 Å². The van der Waals surface area contributed by atoms with Gasteiger partial charge in [0.2, 0.25) is 0 Å². The minimum absolute atomic E-state index is 0.309. The molecule has 4 heteroatoms. The summed E-state index contributed by atoms with van der Waals surface area (Å²) in [6, 6.07) is 2.06. The monoisotopic (exact) mass is 190 g/mol. The highest BCUT2D eigenvalue weighted by atomic mass is 14.8. The lowest BCUT2D eigenvalue weighted by atomic mass is 10.00. The third-order valence-corrected chi connectivity index (χ3v) is 2.31. The van der Waals surface area contributed by atoms with Crippen molar-refractivity contribution in [3.8, 4) is 6.07 Å².